The van der Waals surface area contributed by atoms with E-state index in [1.807, 2.05) is 18.2 Å². The molecule has 1 aliphatic rings. The zero-order chi connectivity index (χ0) is 10.4. The average Bonchev–Trinajstić information content (AvgIpc) is 2.55. The third kappa shape index (κ3) is 1.05. The van der Waals surface area contributed by atoms with Crippen LogP contribution < -0.4 is 0 Å². The minimum absolute atomic E-state index is 0.0290. The molecule has 1 aromatic carbocycles. The summed E-state index contributed by atoms with van der Waals surface area (Å²) in [5.74, 6) is -0.0290. The van der Waals surface area contributed by atoms with Crippen LogP contribution in [0.3, 0.4) is 0 Å². The predicted octanol–water partition coefficient (Wildman–Crippen LogP) is 2.95. The van der Waals surface area contributed by atoms with E-state index in [1.165, 1.54) is 0 Å². The molecule has 1 aliphatic carbocycles. The monoisotopic (exact) mass is 215 g/mol. The summed E-state index contributed by atoms with van der Waals surface area (Å²) in [6.07, 6.45) is 1.62. The number of nitrogens with zero attached hydrogens (tertiary/aromatic N) is 1. The van der Waals surface area contributed by atoms with Crippen LogP contribution in [0, 0.1) is 0 Å². The van der Waals surface area contributed by atoms with Gasteiger partial charge < -0.3 is 0 Å². The van der Waals surface area contributed by atoms with Crippen LogP contribution in [-0.2, 0) is 0 Å². The van der Waals surface area contributed by atoms with Crippen molar-refractivity contribution in [3.63, 3.8) is 0 Å². The number of carbonyl (C=O) groups is 1. The van der Waals surface area contributed by atoms with Gasteiger partial charge in [-0.2, -0.15) is 0 Å². The Hall–Kier alpha value is -1.67. The van der Waals surface area contributed by atoms with Gasteiger partial charge in [-0.15, -0.1) is 0 Å². The van der Waals surface area contributed by atoms with Gasteiger partial charge in [0, 0.05) is 17.3 Å². The second-order valence-electron chi connectivity index (χ2n) is 3.39. The van der Waals surface area contributed by atoms with Crippen molar-refractivity contribution in [1.82, 2.24) is 4.98 Å². The Labute approximate surface area is 91.5 Å². The molecule has 72 valence electrons. The van der Waals surface area contributed by atoms with E-state index in [-0.39, 0.29) is 5.78 Å². The van der Waals surface area contributed by atoms with E-state index in [2.05, 4.69) is 4.98 Å². The summed E-state index contributed by atoms with van der Waals surface area (Å²) in [5.41, 5.74) is 2.79. The number of pyridine rings is 1. The molecular formula is C12H6ClNO. The number of benzene rings is 1. The minimum atomic E-state index is -0.0290. The van der Waals surface area contributed by atoms with E-state index in [9.17, 15) is 4.79 Å². The second kappa shape index (κ2) is 2.91. The van der Waals surface area contributed by atoms with Crippen LogP contribution in [0.1, 0.15) is 15.9 Å². The normalized spacial score (nSPS) is 12.5. The Morgan fingerprint density at radius 2 is 1.80 bits per heavy atom. The first-order chi connectivity index (χ1) is 7.29. The molecule has 0 atom stereocenters. The predicted molar refractivity (Wildman–Crippen MR) is 58.1 cm³/mol. The molecule has 2 nitrogen and oxygen atoms in total. The van der Waals surface area contributed by atoms with Crippen LogP contribution in [0.2, 0.25) is 5.02 Å². The molecule has 15 heavy (non-hydrogen) atoms. The Kier molecular flexibility index (Phi) is 1.67. The molecule has 3 rings (SSSR count). The summed E-state index contributed by atoms with van der Waals surface area (Å²) in [7, 11) is 0. The van der Waals surface area contributed by atoms with Gasteiger partial charge >= 0.3 is 0 Å². The lowest BCUT2D eigenvalue weighted by molar-refractivity contribution is 0.104. The molecule has 0 amide bonds. The SMILES string of the molecule is O=C1c2ccccc2-c2nccc(Cl)c21. The number of aromatic nitrogens is 1. The summed E-state index contributed by atoms with van der Waals surface area (Å²) in [4.78, 5) is 16.2. The summed E-state index contributed by atoms with van der Waals surface area (Å²) in [6.45, 7) is 0. The van der Waals surface area contributed by atoms with Crippen LogP contribution in [-0.4, -0.2) is 10.8 Å². The third-order valence-electron chi connectivity index (χ3n) is 2.55. The Balaban J connectivity index is 2.43. The largest absolute Gasteiger partial charge is 0.288 e. The van der Waals surface area contributed by atoms with Crippen molar-refractivity contribution < 1.29 is 4.79 Å². The van der Waals surface area contributed by atoms with Crippen molar-refractivity contribution in [1.29, 1.82) is 0 Å². The van der Waals surface area contributed by atoms with E-state index in [1.54, 1.807) is 18.3 Å². The van der Waals surface area contributed by atoms with Crippen LogP contribution >= 0.6 is 11.6 Å². The standard InChI is InChI=1S/C12H6ClNO/c13-9-5-6-14-11-7-3-1-2-4-8(7)12(15)10(9)11/h1-6H. The highest BCUT2D eigenvalue weighted by Gasteiger charge is 2.29. The molecule has 0 fully saturated rings. The summed E-state index contributed by atoms with van der Waals surface area (Å²) in [6, 6.07) is 9.07. The minimum Gasteiger partial charge on any atom is -0.288 e. The number of rotatable bonds is 0. The molecule has 0 saturated heterocycles. The fourth-order valence-corrected chi connectivity index (χ4v) is 2.11. The zero-order valence-corrected chi connectivity index (χ0v) is 8.45. The van der Waals surface area contributed by atoms with Gasteiger partial charge in [-0.05, 0) is 6.07 Å². The van der Waals surface area contributed by atoms with Crippen LogP contribution in [0.5, 0.6) is 0 Å². The summed E-state index contributed by atoms with van der Waals surface area (Å²) >= 11 is 5.99. The van der Waals surface area contributed by atoms with Crippen molar-refractivity contribution in [3.8, 4) is 11.3 Å². The smallest absolute Gasteiger partial charge is 0.197 e. The van der Waals surface area contributed by atoms with Gasteiger partial charge in [0.15, 0.2) is 5.78 Å². The highest BCUT2D eigenvalue weighted by molar-refractivity contribution is 6.37. The van der Waals surface area contributed by atoms with E-state index >= 15 is 0 Å². The zero-order valence-electron chi connectivity index (χ0n) is 7.70. The molecule has 2 aromatic rings. The van der Waals surface area contributed by atoms with Gasteiger partial charge in [-0.1, -0.05) is 35.9 Å². The maximum Gasteiger partial charge on any atom is 0.197 e. The second-order valence-corrected chi connectivity index (χ2v) is 3.80. The Bertz CT molecular complexity index is 578. The number of halogens is 1. The molecule has 0 N–H and O–H groups in total. The number of ketones is 1. The fraction of sp³-hybridized carbons (Fsp3) is 0. The maximum atomic E-state index is 12.0. The molecule has 1 aromatic heterocycles. The van der Waals surface area contributed by atoms with Gasteiger partial charge in [-0.3, -0.25) is 9.78 Å². The van der Waals surface area contributed by atoms with Crippen LogP contribution in [0.4, 0.5) is 0 Å². The van der Waals surface area contributed by atoms with Gasteiger partial charge in [0.25, 0.3) is 0 Å². The highest BCUT2D eigenvalue weighted by Crippen LogP contribution is 2.37. The molecule has 0 unspecified atom stereocenters. The Morgan fingerprint density at radius 1 is 1.07 bits per heavy atom. The number of hydrogen-bond acceptors (Lipinski definition) is 2. The van der Waals surface area contributed by atoms with Crippen molar-refractivity contribution in [2.24, 2.45) is 0 Å². The summed E-state index contributed by atoms with van der Waals surface area (Å²) < 4.78 is 0. The van der Waals surface area contributed by atoms with Gasteiger partial charge in [-0.25, -0.2) is 0 Å². The molecule has 3 heteroatoms. The third-order valence-corrected chi connectivity index (χ3v) is 2.87. The molecule has 1 heterocycles. The van der Waals surface area contributed by atoms with Crippen LogP contribution in [0.25, 0.3) is 11.3 Å². The highest BCUT2D eigenvalue weighted by atomic mass is 35.5. The van der Waals surface area contributed by atoms with Crippen LogP contribution in [0.15, 0.2) is 36.5 Å². The van der Waals surface area contributed by atoms with E-state index < -0.39 is 0 Å². The molecule has 0 bridgehead atoms. The van der Waals surface area contributed by atoms with Gasteiger partial charge in [0.2, 0.25) is 0 Å². The Morgan fingerprint density at radius 3 is 2.60 bits per heavy atom. The van der Waals surface area contributed by atoms with Crippen molar-refractivity contribution in [3.05, 3.63) is 52.7 Å². The molecule has 0 aliphatic heterocycles. The maximum absolute atomic E-state index is 12.0. The lowest BCUT2D eigenvalue weighted by atomic mass is 10.1. The first-order valence-corrected chi connectivity index (χ1v) is 4.95. The number of hydrogen-bond donors (Lipinski definition) is 0. The van der Waals surface area contributed by atoms with Crippen molar-refractivity contribution in [2.45, 2.75) is 0 Å². The lowest BCUT2D eigenvalue weighted by Gasteiger charge is -1.98. The molecule has 0 spiro atoms. The first-order valence-electron chi connectivity index (χ1n) is 4.57. The quantitative estimate of drug-likeness (QED) is 0.577. The van der Waals surface area contributed by atoms with Gasteiger partial charge in [0.1, 0.15) is 0 Å². The van der Waals surface area contributed by atoms with Crippen molar-refractivity contribution >= 4 is 17.4 Å². The van der Waals surface area contributed by atoms with E-state index in [4.69, 9.17) is 11.6 Å². The summed E-state index contributed by atoms with van der Waals surface area (Å²) in [5, 5.41) is 0.473. The van der Waals surface area contributed by atoms with E-state index in [0.29, 0.717) is 21.8 Å². The lowest BCUT2D eigenvalue weighted by Crippen LogP contribution is -1.96. The topological polar surface area (TPSA) is 30.0 Å². The number of carbonyl (C=O) groups excluding carboxylic acids is 1. The fourth-order valence-electron chi connectivity index (χ4n) is 1.88. The number of fused-ring (bicyclic) bond motifs is 3. The molecular weight excluding hydrogens is 210 g/mol. The molecule has 0 radical (unpaired) electrons. The average molecular weight is 216 g/mol. The van der Waals surface area contributed by atoms with Crippen molar-refractivity contribution in [2.75, 3.05) is 0 Å². The van der Waals surface area contributed by atoms with Gasteiger partial charge in [0.05, 0.1) is 16.3 Å². The first kappa shape index (κ1) is 8.62. The van der Waals surface area contributed by atoms with E-state index in [0.717, 1.165) is 5.56 Å². The molecule has 0 saturated carbocycles.